The van der Waals surface area contributed by atoms with Gasteiger partial charge in [0.25, 0.3) is 5.89 Å². The van der Waals surface area contributed by atoms with Crippen molar-refractivity contribution in [3.63, 3.8) is 0 Å². The van der Waals surface area contributed by atoms with Gasteiger partial charge in [0, 0.05) is 12.2 Å². The van der Waals surface area contributed by atoms with Crippen LogP contribution in [-0.2, 0) is 10.3 Å². The van der Waals surface area contributed by atoms with Gasteiger partial charge < -0.3 is 14.4 Å². The van der Waals surface area contributed by atoms with Gasteiger partial charge in [0.1, 0.15) is 11.4 Å². The number of hydrogen-bond donors (Lipinski definition) is 1. The van der Waals surface area contributed by atoms with E-state index in [9.17, 15) is 5.11 Å². The average molecular weight is 260 g/mol. The quantitative estimate of drug-likeness (QED) is 0.899. The van der Waals surface area contributed by atoms with Crippen molar-refractivity contribution in [3.8, 4) is 17.2 Å². The van der Waals surface area contributed by atoms with Crippen molar-refractivity contribution < 1.29 is 14.4 Å². The molecule has 100 valence electrons. The van der Waals surface area contributed by atoms with E-state index in [1.807, 2.05) is 26.0 Å². The largest absolute Gasteiger partial charge is 0.508 e. The predicted molar refractivity (Wildman–Crippen MR) is 68.7 cm³/mol. The smallest absolute Gasteiger partial charge is 0.258 e. The Hall–Kier alpha value is -1.88. The van der Waals surface area contributed by atoms with Crippen molar-refractivity contribution in [2.75, 3.05) is 6.61 Å². The van der Waals surface area contributed by atoms with Gasteiger partial charge in [-0.1, -0.05) is 11.2 Å². The zero-order valence-electron chi connectivity index (χ0n) is 11.0. The maximum absolute atomic E-state index is 9.72. The van der Waals surface area contributed by atoms with Gasteiger partial charge in [-0.25, -0.2) is 0 Å². The molecule has 1 aliphatic heterocycles. The highest BCUT2D eigenvalue weighted by Crippen LogP contribution is 2.35. The molecular formula is C14H16N2O3. The molecular weight excluding hydrogens is 244 g/mol. The van der Waals surface area contributed by atoms with Gasteiger partial charge in [0.2, 0.25) is 5.82 Å². The molecule has 1 saturated heterocycles. The van der Waals surface area contributed by atoms with Crippen LogP contribution in [0.3, 0.4) is 0 Å². The molecule has 0 saturated carbocycles. The second-order valence-electron chi connectivity index (χ2n) is 5.11. The van der Waals surface area contributed by atoms with E-state index in [0.29, 0.717) is 17.3 Å². The zero-order valence-corrected chi connectivity index (χ0v) is 11.0. The summed E-state index contributed by atoms with van der Waals surface area (Å²) < 4.78 is 11.0. The third kappa shape index (κ3) is 2.10. The highest BCUT2D eigenvalue weighted by molar-refractivity contribution is 5.57. The van der Waals surface area contributed by atoms with Crippen LogP contribution in [0.15, 0.2) is 22.7 Å². The van der Waals surface area contributed by atoms with E-state index in [1.165, 1.54) is 0 Å². The average Bonchev–Trinajstić information content (AvgIpc) is 3.02. The number of ether oxygens (including phenoxy) is 1. The van der Waals surface area contributed by atoms with Gasteiger partial charge in [0.15, 0.2) is 0 Å². The lowest BCUT2D eigenvalue weighted by molar-refractivity contribution is 0.00768. The first-order valence-electron chi connectivity index (χ1n) is 6.37. The zero-order chi connectivity index (χ0) is 13.5. The molecule has 1 N–H and O–H groups in total. The van der Waals surface area contributed by atoms with Crippen molar-refractivity contribution in [2.45, 2.75) is 32.3 Å². The van der Waals surface area contributed by atoms with Crippen molar-refractivity contribution in [1.29, 1.82) is 0 Å². The van der Waals surface area contributed by atoms with Gasteiger partial charge in [-0.2, -0.15) is 4.98 Å². The van der Waals surface area contributed by atoms with Crippen LogP contribution in [0.4, 0.5) is 0 Å². The van der Waals surface area contributed by atoms with E-state index in [2.05, 4.69) is 10.1 Å². The second-order valence-corrected chi connectivity index (χ2v) is 5.11. The first kappa shape index (κ1) is 12.2. The number of phenolic OH excluding ortho intramolecular Hbond substituents is 1. The van der Waals surface area contributed by atoms with Crippen molar-refractivity contribution in [2.24, 2.45) is 0 Å². The summed E-state index contributed by atoms with van der Waals surface area (Å²) in [7, 11) is 0. The Morgan fingerprint density at radius 1 is 1.37 bits per heavy atom. The molecule has 3 rings (SSSR count). The number of aryl methyl sites for hydroxylation is 1. The predicted octanol–water partition coefficient (Wildman–Crippen LogP) is 2.78. The molecule has 1 aliphatic rings. The molecule has 0 amide bonds. The van der Waals surface area contributed by atoms with E-state index < -0.39 is 5.60 Å². The lowest BCUT2D eigenvalue weighted by atomic mass is 10.0. The molecule has 0 spiro atoms. The molecule has 1 aromatic heterocycles. The van der Waals surface area contributed by atoms with Crippen molar-refractivity contribution >= 4 is 0 Å². The van der Waals surface area contributed by atoms with E-state index in [4.69, 9.17) is 9.26 Å². The molecule has 0 aliphatic carbocycles. The van der Waals surface area contributed by atoms with Crippen LogP contribution in [-0.4, -0.2) is 21.9 Å². The number of phenols is 1. The lowest BCUT2D eigenvalue weighted by Gasteiger charge is -2.17. The van der Waals surface area contributed by atoms with E-state index in [-0.39, 0.29) is 5.75 Å². The Morgan fingerprint density at radius 2 is 2.21 bits per heavy atom. The molecule has 19 heavy (non-hydrogen) atoms. The third-order valence-corrected chi connectivity index (χ3v) is 3.57. The SMILES string of the molecule is Cc1ccc(-c2nc(C3(C)CCCO3)no2)cc1O. The Bertz CT molecular complexity index is 600. The van der Waals surface area contributed by atoms with Crippen LogP contribution in [0.5, 0.6) is 5.75 Å². The summed E-state index contributed by atoms with van der Waals surface area (Å²) in [5.74, 6) is 1.20. The first-order valence-corrected chi connectivity index (χ1v) is 6.37. The number of benzene rings is 1. The summed E-state index contributed by atoms with van der Waals surface area (Å²) in [4.78, 5) is 4.39. The molecule has 1 unspecified atom stereocenters. The Labute approximate surface area is 111 Å². The number of hydrogen-bond acceptors (Lipinski definition) is 5. The molecule has 5 heteroatoms. The minimum Gasteiger partial charge on any atom is -0.508 e. The van der Waals surface area contributed by atoms with Crippen LogP contribution < -0.4 is 0 Å². The summed E-state index contributed by atoms with van der Waals surface area (Å²) in [5, 5.41) is 13.7. The maximum Gasteiger partial charge on any atom is 0.258 e. The minimum atomic E-state index is -0.450. The van der Waals surface area contributed by atoms with Crippen LogP contribution in [0, 0.1) is 6.92 Å². The molecule has 5 nitrogen and oxygen atoms in total. The number of aromatic nitrogens is 2. The topological polar surface area (TPSA) is 68.4 Å². The van der Waals surface area contributed by atoms with Gasteiger partial charge in [-0.05, 0) is 44.4 Å². The van der Waals surface area contributed by atoms with E-state index >= 15 is 0 Å². The number of nitrogens with zero attached hydrogens (tertiary/aromatic N) is 2. The molecule has 1 fully saturated rings. The van der Waals surface area contributed by atoms with Crippen LogP contribution in [0.2, 0.25) is 0 Å². The van der Waals surface area contributed by atoms with Gasteiger partial charge in [-0.3, -0.25) is 0 Å². The second kappa shape index (κ2) is 4.35. The van der Waals surface area contributed by atoms with Gasteiger partial charge >= 0.3 is 0 Å². The first-order chi connectivity index (χ1) is 9.08. The van der Waals surface area contributed by atoms with Gasteiger partial charge in [0.05, 0.1) is 0 Å². The van der Waals surface area contributed by atoms with Gasteiger partial charge in [-0.15, -0.1) is 0 Å². The number of rotatable bonds is 2. The fraction of sp³-hybridized carbons (Fsp3) is 0.429. The summed E-state index contributed by atoms with van der Waals surface area (Å²) in [6, 6.07) is 5.30. The molecule has 0 radical (unpaired) electrons. The van der Waals surface area contributed by atoms with Crippen molar-refractivity contribution in [1.82, 2.24) is 10.1 Å². The standard InChI is InChI=1S/C14H16N2O3/c1-9-4-5-10(8-11(9)17)12-15-13(16-19-12)14(2)6-3-7-18-14/h4-5,8,17H,3,6-7H2,1-2H3. The molecule has 2 aromatic rings. The normalized spacial score (nSPS) is 22.8. The summed E-state index contributed by atoms with van der Waals surface area (Å²) in [6.45, 7) is 4.54. The summed E-state index contributed by atoms with van der Waals surface area (Å²) in [5.41, 5.74) is 1.08. The monoisotopic (exact) mass is 260 g/mol. The Balaban J connectivity index is 1.94. The Kier molecular flexibility index (Phi) is 2.78. The molecule has 0 bridgehead atoms. The van der Waals surface area contributed by atoms with E-state index in [1.54, 1.807) is 6.07 Å². The molecule has 1 aromatic carbocycles. The third-order valence-electron chi connectivity index (χ3n) is 3.57. The minimum absolute atomic E-state index is 0.223. The summed E-state index contributed by atoms with van der Waals surface area (Å²) in [6.07, 6.45) is 1.90. The maximum atomic E-state index is 9.72. The molecule has 1 atom stereocenters. The molecule has 2 heterocycles. The van der Waals surface area contributed by atoms with Crippen LogP contribution in [0.1, 0.15) is 31.2 Å². The van der Waals surface area contributed by atoms with Crippen molar-refractivity contribution in [3.05, 3.63) is 29.6 Å². The Morgan fingerprint density at radius 3 is 2.89 bits per heavy atom. The fourth-order valence-electron chi connectivity index (χ4n) is 2.25. The highest BCUT2D eigenvalue weighted by Gasteiger charge is 2.36. The van der Waals surface area contributed by atoms with Crippen LogP contribution in [0.25, 0.3) is 11.5 Å². The fourth-order valence-corrected chi connectivity index (χ4v) is 2.25. The van der Waals surface area contributed by atoms with E-state index in [0.717, 1.165) is 25.0 Å². The highest BCUT2D eigenvalue weighted by atomic mass is 16.5. The van der Waals surface area contributed by atoms with Crippen LogP contribution >= 0.6 is 0 Å². The summed E-state index contributed by atoms with van der Waals surface area (Å²) >= 11 is 0. The lowest BCUT2D eigenvalue weighted by Crippen LogP contribution is -2.21. The number of aromatic hydroxyl groups is 1.